The molecule has 1 N–H and O–H groups in total. The summed E-state index contributed by atoms with van der Waals surface area (Å²) in [7, 11) is 0. The van der Waals surface area contributed by atoms with E-state index in [-0.39, 0.29) is 16.3 Å². The molecule has 0 aliphatic carbocycles. The minimum Gasteiger partial charge on any atom is -0.372 e. The number of halogens is 1. The third-order valence-electron chi connectivity index (χ3n) is 4.76. The van der Waals surface area contributed by atoms with E-state index in [2.05, 4.69) is 34.5 Å². The van der Waals surface area contributed by atoms with Crippen molar-refractivity contribution in [3.05, 3.63) is 68.7 Å². The third-order valence-corrected chi connectivity index (χ3v) is 5.09. The molecule has 1 heterocycles. The van der Waals surface area contributed by atoms with E-state index < -0.39 is 10.8 Å². The number of benzene rings is 2. The number of rotatable bonds is 6. The lowest BCUT2D eigenvalue weighted by atomic mass is 10.1. The van der Waals surface area contributed by atoms with Crippen molar-refractivity contribution in [3.8, 4) is 0 Å². The van der Waals surface area contributed by atoms with Crippen molar-refractivity contribution in [1.29, 1.82) is 0 Å². The second-order valence-corrected chi connectivity index (χ2v) is 7.05. The molecule has 1 amide bonds. The Kier molecular flexibility index (Phi) is 6.29. The molecule has 2 aromatic rings. The van der Waals surface area contributed by atoms with Crippen molar-refractivity contribution < 1.29 is 9.72 Å². The standard InChI is InChI=1S/C20H22ClN3O3/c21-19-9-8-17(24(26)27)14-18(19)20(25)22-11-10-15-4-6-16(7-5-15)23-12-2-1-3-13-23/h4-9,14H,1-3,10-13H2,(H,22,25). The van der Waals surface area contributed by atoms with E-state index in [1.165, 1.54) is 43.1 Å². The number of carbonyl (C=O) groups excluding carboxylic acids is 1. The van der Waals surface area contributed by atoms with Crippen molar-refractivity contribution in [3.63, 3.8) is 0 Å². The molecule has 1 aliphatic rings. The van der Waals surface area contributed by atoms with Gasteiger partial charge in [0.1, 0.15) is 0 Å². The Labute approximate surface area is 163 Å². The molecule has 0 unspecified atom stereocenters. The minimum atomic E-state index is -0.545. The number of nitrogens with zero attached hydrogens (tertiary/aromatic N) is 2. The first-order chi connectivity index (χ1) is 13.0. The summed E-state index contributed by atoms with van der Waals surface area (Å²) in [5.41, 5.74) is 2.33. The zero-order valence-electron chi connectivity index (χ0n) is 15.0. The van der Waals surface area contributed by atoms with Gasteiger partial charge in [-0.25, -0.2) is 0 Å². The molecular formula is C20H22ClN3O3. The molecule has 0 aromatic heterocycles. The minimum absolute atomic E-state index is 0.117. The van der Waals surface area contributed by atoms with Crippen LogP contribution in [0.4, 0.5) is 11.4 Å². The van der Waals surface area contributed by atoms with Crippen LogP contribution in [-0.4, -0.2) is 30.5 Å². The van der Waals surface area contributed by atoms with Crippen LogP contribution in [0.25, 0.3) is 0 Å². The third kappa shape index (κ3) is 4.98. The summed E-state index contributed by atoms with van der Waals surface area (Å²) >= 11 is 5.99. The van der Waals surface area contributed by atoms with Gasteiger partial charge in [-0.05, 0) is 49.4 Å². The average molecular weight is 388 g/mol. The Hall–Kier alpha value is -2.60. The predicted molar refractivity (Wildman–Crippen MR) is 107 cm³/mol. The molecule has 1 aliphatic heterocycles. The summed E-state index contributed by atoms with van der Waals surface area (Å²) < 4.78 is 0. The Bertz CT molecular complexity index is 818. The van der Waals surface area contributed by atoms with Gasteiger partial charge in [0.05, 0.1) is 15.5 Å². The highest BCUT2D eigenvalue weighted by Crippen LogP contribution is 2.22. The van der Waals surface area contributed by atoms with Gasteiger partial charge in [-0.2, -0.15) is 0 Å². The molecule has 1 fully saturated rings. The number of nitro benzene ring substituents is 1. The smallest absolute Gasteiger partial charge is 0.270 e. The number of anilines is 1. The van der Waals surface area contributed by atoms with Crippen LogP contribution in [-0.2, 0) is 6.42 Å². The van der Waals surface area contributed by atoms with Crippen molar-refractivity contribution >= 4 is 28.9 Å². The summed E-state index contributed by atoms with van der Waals surface area (Å²) in [6.45, 7) is 2.65. The largest absolute Gasteiger partial charge is 0.372 e. The first-order valence-electron chi connectivity index (χ1n) is 9.10. The Morgan fingerprint density at radius 3 is 2.48 bits per heavy atom. The Balaban J connectivity index is 1.54. The molecule has 3 rings (SSSR count). The maximum Gasteiger partial charge on any atom is 0.270 e. The van der Waals surface area contributed by atoms with E-state index in [0.29, 0.717) is 13.0 Å². The van der Waals surface area contributed by atoms with E-state index in [1.807, 2.05) is 0 Å². The van der Waals surface area contributed by atoms with Gasteiger partial charge in [0.2, 0.25) is 0 Å². The van der Waals surface area contributed by atoms with E-state index in [9.17, 15) is 14.9 Å². The quantitative estimate of drug-likeness (QED) is 0.595. The number of hydrogen-bond acceptors (Lipinski definition) is 4. The van der Waals surface area contributed by atoms with Crippen LogP contribution in [0.5, 0.6) is 0 Å². The summed E-state index contributed by atoms with van der Waals surface area (Å²) in [4.78, 5) is 25.0. The summed E-state index contributed by atoms with van der Waals surface area (Å²) in [5, 5.41) is 13.8. The summed E-state index contributed by atoms with van der Waals surface area (Å²) in [6.07, 6.45) is 4.48. The predicted octanol–water partition coefficient (Wildman–Crippen LogP) is 4.21. The zero-order valence-corrected chi connectivity index (χ0v) is 15.7. The highest BCUT2D eigenvalue weighted by Gasteiger charge is 2.15. The van der Waals surface area contributed by atoms with Gasteiger partial charge in [0.25, 0.3) is 11.6 Å². The molecule has 0 radical (unpaired) electrons. The first kappa shape index (κ1) is 19.2. The van der Waals surface area contributed by atoms with Crippen LogP contribution in [0.2, 0.25) is 5.02 Å². The number of nitro groups is 1. The molecule has 2 aromatic carbocycles. The first-order valence-corrected chi connectivity index (χ1v) is 9.48. The van der Waals surface area contributed by atoms with E-state index in [4.69, 9.17) is 11.6 Å². The molecule has 0 atom stereocenters. The van der Waals surface area contributed by atoms with E-state index in [0.717, 1.165) is 18.7 Å². The lowest BCUT2D eigenvalue weighted by Crippen LogP contribution is -2.29. The highest BCUT2D eigenvalue weighted by atomic mass is 35.5. The summed E-state index contributed by atoms with van der Waals surface area (Å²) in [5.74, 6) is -0.409. The Morgan fingerprint density at radius 1 is 1.11 bits per heavy atom. The van der Waals surface area contributed by atoms with Gasteiger partial charge >= 0.3 is 0 Å². The molecule has 27 heavy (non-hydrogen) atoms. The number of piperidine rings is 1. The van der Waals surface area contributed by atoms with Gasteiger partial charge in [-0.3, -0.25) is 14.9 Å². The van der Waals surface area contributed by atoms with Crippen molar-refractivity contribution in [2.75, 3.05) is 24.5 Å². The number of amides is 1. The van der Waals surface area contributed by atoms with E-state index in [1.54, 1.807) is 0 Å². The highest BCUT2D eigenvalue weighted by molar-refractivity contribution is 6.33. The fraction of sp³-hybridized carbons (Fsp3) is 0.350. The molecule has 0 spiro atoms. The van der Waals surface area contributed by atoms with Gasteiger partial charge in [-0.15, -0.1) is 0 Å². The van der Waals surface area contributed by atoms with Gasteiger partial charge in [0.15, 0.2) is 0 Å². The van der Waals surface area contributed by atoms with Crippen LogP contribution in [0.15, 0.2) is 42.5 Å². The van der Waals surface area contributed by atoms with Gasteiger partial charge in [-0.1, -0.05) is 23.7 Å². The lowest BCUT2D eigenvalue weighted by molar-refractivity contribution is -0.384. The molecule has 142 valence electrons. The number of carbonyl (C=O) groups is 1. The monoisotopic (exact) mass is 387 g/mol. The van der Waals surface area contributed by atoms with Crippen LogP contribution < -0.4 is 10.2 Å². The normalized spacial score (nSPS) is 14.0. The fourth-order valence-electron chi connectivity index (χ4n) is 3.24. The molecular weight excluding hydrogens is 366 g/mol. The van der Waals surface area contributed by atoms with Gasteiger partial charge in [0, 0.05) is 37.5 Å². The number of nitrogens with one attached hydrogen (secondary N) is 1. The van der Waals surface area contributed by atoms with Crippen LogP contribution in [0.3, 0.4) is 0 Å². The maximum atomic E-state index is 12.3. The topological polar surface area (TPSA) is 75.5 Å². The molecule has 0 bridgehead atoms. The second-order valence-electron chi connectivity index (χ2n) is 6.64. The Morgan fingerprint density at radius 2 is 1.81 bits per heavy atom. The van der Waals surface area contributed by atoms with Crippen molar-refractivity contribution in [2.24, 2.45) is 0 Å². The zero-order chi connectivity index (χ0) is 19.2. The summed E-state index contributed by atoms with van der Waals surface area (Å²) in [6, 6.07) is 12.3. The second kappa shape index (κ2) is 8.86. The molecule has 1 saturated heterocycles. The van der Waals surface area contributed by atoms with Crippen LogP contribution in [0, 0.1) is 10.1 Å². The van der Waals surface area contributed by atoms with E-state index >= 15 is 0 Å². The number of hydrogen-bond donors (Lipinski definition) is 1. The SMILES string of the molecule is O=C(NCCc1ccc(N2CCCCC2)cc1)c1cc([N+](=O)[O-])ccc1Cl. The van der Waals surface area contributed by atoms with Crippen molar-refractivity contribution in [2.45, 2.75) is 25.7 Å². The lowest BCUT2D eigenvalue weighted by Gasteiger charge is -2.28. The average Bonchev–Trinajstić information content (AvgIpc) is 2.69. The molecule has 6 nitrogen and oxygen atoms in total. The number of non-ortho nitro benzene ring substituents is 1. The van der Waals surface area contributed by atoms with Gasteiger partial charge < -0.3 is 10.2 Å². The van der Waals surface area contributed by atoms with Crippen LogP contribution in [0.1, 0.15) is 35.2 Å². The van der Waals surface area contributed by atoms with Crippen molar-refractivity contribution in [1.82, 2.24) is 5.32 Å². The molecule has 7 heteroatoms. The fourth-order valence-corrected chi connectivity index (χ4v) is 3.45. The van der Waals surface area contributed by atoms with Crippen LogP contribution >= 0.6 is 11.6 Å². The molecule has 0 saturated carbocycles. The maximum absolute atomic E-state index is 12.3.